The summed E-state index contributed by atoms with van der Waals surface area (Å²) in [6.45, 7) is 1.76. The molecule has 0 fully saturated rings. The molecule has 166 valence electrons. The summed E-state index contributed by atoms with van der Waals surface area (Å²) in [6.07, 6.45) is 0. The first-order chi connectivity index (χ1) is 15.9. The summed E-state index contributed by atoms with van der Waals surface area (Å²) in [5, 5.41) is 7.42. The minimum absolute atomic E-state index is 0.0535. The lowest BCUT2D eigenvalue weighted by atomic mass is 10.1. The maximum Gasteiger partial charge on any atom is 0.352 e. The van der Waals surface area contributed by atoms with Crippen LogP contribution in [0.1, 0.15) is 34.6 Å². The van der Waals surface area contributed by atoms with Crippen LogP contribution in [-0.4, -0.2) is 20.3 Å². The molecule has 3 aromatic carbocycles. The molecule has 0 aliphatic carbocycles. The Morgan fingerprint density at radius 3 is 2.30 bits per heavy atom. The number of nitrogens with one attached hydrogen (secondary N) is 1. The molecule has 1 atom stereocenters. The van der Waals surface area contributed by atoms with Crippen LogP contribution >= 0.6 is 11.6 Å². The van der Waals surface area contributed by atoms with E-state index in [-0.39, 0.29) is 18.3 Å². The highest BCUT2D eigenvalue weighted by Crippen LogP contribution is 2.13. The van der Waals surface area contributed by atoms with Gasteiger partial charge in [-0.1, -0.05) is 72.3 Å². The molecular formula is C25H21ClN4O3. The number of nitrogens with zero attached hydrogens (tertiary/aromatic N) is 3. The van der Waals surface area contributed by atoms with Crippen molar-refractivity contribution in [3.05, 3.63) is 128 Å². The van der Waals surface area contributed by atoms with E-state index in [2.05, 4.69) is 10.4 Å². The molecule has 0 spiro atoms. The van der Waals surface area contributed by atoms with Crippen LogP contribution in [0.5, 0.6) is 0 Å². The van der Waals surface area contributed by atoms with E-state index in [1.807, 2.05) is 37.3 Å². The van der Waals surface area contributed by atoms with Gasteiger partial charge in [0.15, 0.2) is 0 Å². The van der Waals surface area contributed by atoms with Crippen LogP contribution in [0.4, 0.5) is 0 Å². The summed E-state index contributed by atoms with van der Waals surface area (Å²) < 4.78 is 2.06. The van der Waals surface area contributed by atoms with Gasteiger partial charge < -0.3 is 5.32 Å². The molecule has 0 saturated heterocycles. The molecule has 0 radical (unpaired) electrons. The molecule has 4 aromatic rings. The van der Waals surface area contributed by atoms with Crippen molar-refractivity contribution in [2.75, 3.05) is 0 Å². The molecule has 7 nitrogen and oxygen atoms in total. The van der Waals surface area contributed by atoms with Gasteiger partial charge in [-0.15, -0.1) is 0 Å². The van der Waals surface area contributed by atoms with Crippen LogP contribution in [-0.2, 0) is 6.54 Å². The van der Waals surface area contributed by atoms with Gasteiger partial charge in [-0.25, -0.2) is 4.79 Å². The maximum absolute atomic E-state index is 13.2. The molecule has 0 bridgehead atoms. The maximum atomic E-state index is 13.2. The third-order valence-electron chi connectivity index (χ3n) is 5.15. The first kappa shape index (κ1) is 22.2. The van der Waals surface area contributed by atoms with E-state index in [1.165, 1.54) is 0 Å². The smallest absolute Gasteiger partial charge is 0.344 e. The van der Waals surface area contributed by atoms with Gasteiger partial charge in [0.1, 0.15) is 0 Å². The molecule has 1 aromatic heterocycles. The van der Waals surface area contributed by atoms with Gasteiger partial charge in [0.25, 0.3) is 11.5 Å². The third-order valence-corrected chi connectivity index (χ3v) is 5.39. The fourth-order valence-electron chi connectivity index (χ4n) is 3.44. The second-order valence-corrected chi connectivity index (χ2v) is 7.94. The van der Waals surface area contributed by atoms with Crippen molar-refractivity contribution in [2.24, 2.45) is 0 Å². The molecule has 1 heterocycles. The Kier molecular flexibility index (Phi) is 6.51. The molecule has 0 unspecified atom stereocenters. The van der Waals surface area contributed by atoms with Crippen molar-refractivity contribution < 1.29 is 4.79 Å². The topological polar surface area (TPSA) is 86.0 Å². The SMILES string of the molecule is C[C@H](NC(=O)c1nn(-c2ccccc2)c(=O)n(Cc2cccc(Cl)c2)c1=O)c1ccccc1. The Morgan fingerprint density at radius 2 is 1.64 bits per heavy atom. The Morgan fingerprint density at radius 1 is 0.970 bits per heavy atom. The number of halogens is 1. The highest BCUT2D eigenvalue weighted by atomic mass is 35.5. The Hall–Kier alpha value is -3.97. The van der Waals surface area contributed by atoms with Crippen molar-refractivity contribution >= 4 is 17.5 Å². The first-order valence-corrected chi connectivity index (χ1v) is 10.7. The minimum atomic E-state index is -0.773. The first-order valence-electron chi connectivity index (χ1n) is 10.3. The third kappa shape index (κ3) is 4.94. The van der Waals surface area contributed by atoms with Crippen LogP contribution in [0.3, 0.4) is 0 Å². The van der Waals surface area contributed by atoms with Gasteiger partial charge in [-0.3, -0.25) is 14.2 Å². The van der Waals surface area contributed by atoms with Crippen molar-refractivity contribution in [1.82, 2.24) is 19.7 Å². The average Bonchev–Trinajstić information content (AvgIpc) is 2.83. The quantitative estimate of drug-likeness (QED) is 0.476. The van der Waals surface area contributed by atoms with Crippen LogP contribution in [0.25, 0.3) is 5.69 Å². The van der Waals surface area contributed by atoms with E-state index in [4.69, 9.17) is 11.6 Å². The number of aromatic nitrogens is 3. The standard InChI is InChI=1S/C25H21ClN4O3/c1-17(19-10-4-2-5-11-19)27-23(31)22-24(32)29(16-18-9-8-12-20(26)15-18)25(33)30(28-22)21-13-6-3-7-14-21/h2-15,17H,16H2,1H3,(H,27,31)/t17-/m0/s1. The van der Waals surface area contributed by atoms with Gasteiger partial charge in [-0.2, -0.15) is 9.78 Å². The molecule has 1 amide bonds. The van der Waals surface area contributed by atoms with Crippen molar-refractivity contribution in [2.45, 2.75) is 19.5 Å². The fourth-order valence-corrected chi connectivity index (χ4v) is 3.65. The molecule has 0 saturated carbocycles. The molecule has 0 aliphatic rings. The Bertz CT molecular complexity index is 1400. The van der Waals surface area contributed by atoms with Crippen LogP contribution in [0, 0.1) is 0 Å². The molecule has 4 rings (SSSR count). The van der Waals surface area contributed by atoms with Crippen molar-refractivity contribution in [3.63, 3.8) is 0 Å². The summed E-state index contributed by atoms with van der Waals surface area (Å²) in [5.74, 6) is -0.666. The number of hydrogen-bond donors (Lipinski definition) is 1. The number of benzene rings is 3. The van der Waals surface area contributed by atoms with Crippen LogP contribution in [0.15, 0.2) is 94.5 Å². The summed E-state index contributed by atoms with van der Waals surface area (Å²) in [5.41, 5.74) is 0.164. The number of carbonyl (C=O) groups is 1. The lowest BCUT2D eigenvalue weighted by Crippen LogP contribution is -2.46. The highest BCUT2D eigenvalue weighted by molar-refractivity contribution is 6.30. The molecule has 33 heavy (non-hydrogen) atoms. The number of amides is 1. The number of hydrogen-bond acceptors (Lipinski definition) is 4. The monoisotopic (exact) mass is 460 g/mol. The zero-order valence-corrected chi connectivity index (χ0v) is 18.6. The highest BCUT2D eigenvalue weighted by Gasteiger charge is 2.22. The van der Waals surface area contributed by atoms with Gasteiger partial charge in [0.2, 0.25) is 5.69 Å². The normalized spacial score (nSPS) is 11.7. The summed E-state index contributed by atoms with van der Waals surface area (Å²) in [6, 6.07) is 24.5. The van der Waals surface area contributed by atoms with E-state index in [0.717, 1.165) is 14.8 Å². The predicted octanol–water partition coefficient (Wildman–Crippen LogP) is 3.59. The number of rotatable bonds is 6. The average molecular weight is 461 g/mol. The second-order valence-electron chi connectivity index (χ2n) is 7.51. The lowest BCUT2D eigenvalue weighted by Gasteiger charge is -2.15. The minimum Gasteiger partial charge on any atom is -0.344 e. The summed E-state index contributed by atoms with van der Waals surface area (Å²) >= 11 is 6.07. The van der Waals surface area contributed by atoms with Gasteiger partial charge in [0.05, 0.1) is 18.3 Å². The second kappa shape index (κ2) is 9.67. The van der Waals surface area contributed by atoms with Gasteiger partial charge in [0, 0.05) is 5.02 Å². The number of carbonyl (C=O) groups excluding carboxylic acids is 1. The molecule has 1 N–H and O–H groups in total. The van der Waals surface area contributed by atoms with E-state index in [9.17, 15) is 14.4 Å². The largest absolute Gasteiger partial charge is 0.352 e. The van der Waals surface area contributed by atoms with Gasteiger partial charge >= 0.3 is 5.69 Å². The zero-order chi connectivity index (χ0) is 23.4. The van der Waals surface area contributed by atoms with E-state index >= 15 is 0 Å². The zero-order valence-electron chi connectivity index (χ0n) is 17.8. The molecule has 0 aliphatic heterocycles. The van der Waals surface area contributed by atoms with Crippen molar-refractivity contribution in [3.8, 4) is 5.69 Å². The summed E-state index contributed by atoms with van der Waals surface area (Å²) in [4.78, 5) is 39.5. The van der Waals surface area contributed by atoms with Crippen LogP contribution < -0.4 is 16.6 Å². The molecular weight excluding hydrogens is 440 g/mol. The Balaban J connectivity index is 1.80. The van der Waals surface area contributed by atoms with Crippen LogP contribution in [0.2, 0.25) is 5.02 Å². The van der Waals surface area contributed by atoms with E-state index < -0.39 is 17.2 Å². The fraction of sp³-hybridized carbons (Fsp3) is 0.120. The lowest BCUT2D eigenvalue weighted by molar-refractivity contribution is 0.0930. The number of para-hydroxylation sites is 1. The molecule has 8 heteroatoms. The van der Waals surface area contributed by atoms with E-state index in [1.54, 1.807) is 54.6 Å². The van der Waals surface area contributed by atoms with E-state index in [0.29, 0.717) is 16.3 Å². The summed E-state index contributed by atoms with van der Waals surface area (Å²) in [7, 11) is 0. The van der Waals surface area contributed by atoms with Crippen molar-refractivity contribution in [1.29, 1.82) is 0 Å². The Labute approximate surface area is 194 Å². The predicted molar refractivity (Wildman–Crippen MR) is 127 cm³/mol. The van der Waals surface area contributed by atoms with Gasteiger partial charge in [-0.05, 0) is 42.3 Å².